The number of rotatable bonds is 8. The van der Waals surface area contributed by atoms with Gasteiger partial charge in [-0.25, -0.2) is 9.59 Å². The molecule has 1 fully saturated rings. The minimum Gasteiger partial charge on any atom is -0.456 e. The van der Waals surface area contributed by atoms with Crippen molar-refractivity contribution in [2.75, 3.05) is 26.6 Å². The monoisotopic (exact) mass is 485 g/mol. The van der Waals surface area contributed by atoms with Crippen LogP contribution in [0.5, 0.6) is 0 Å². The number of nitrogens with one attached hydrogen (secondary N) is 1. The molecule has 1 saturated heterocycles. The van der Waals surface area contributed by atoms with Gasteiger partial charge in [-0.05, 0) is 23.8 Å². The van der Waals surface area contributed by atoms with Crippen molar-refractivity contribution in [1.82, 2.24) is 5.32 Å². The predicted molar refractivity (Wildman–Crippen MR) is 109 cm³/mol. The molecule has 1 heterocycles. The number of aliphatic hydroxyl groups excluding tert-OH is 1. The average Bonchev–Trinajstić information content (AvgIpc) is 3.28. The smallest absolute Gasteiger partial charge is 0.422 e. The molecule has 34 heavy (non-hydrogen) atoms. The van der Waals surface area contributed by atoms with E-state index in [0.29, 0.717) is 5.57 Å². The lowest BCUT2D eigenvalue weighted by Crippen LogP contribution is -2.43. The molecule has 3 rings (SSSR count). The predicted octanol–water partition coefficient (Wildman–Crippen LogP) is 1.51. The van der Waals surface area contributed by atoms with E-state index in [-0.39, 0.29) is 37.5 Å². The summed E-state index contributed by atoms with van der Waals surface area (Å²) in [5.74, 6) is -2.46. The number of esters is 2. The molecule has 184 valence electrons. The van der Waals surface area contributed by atoms with E-state index in [1.54, 1.807) is 18.2 Å². The van der Waals surface area contributed by atoms with Gasteiger partial charge >= 0.3 is 18.1 Å². The van der Waals surface area contributed by atoms with Crippen molar-refractivity contribution < 1.29 is 51.6 Å². The van der Waals surface area contributed by atoms with Crippen LogP contribution in [0.4, 0.5) is 13.2 Å². The number of hydrogen-bond acceptors (Lipinski definition) is 8. The zero-order valence-corrected chi connectivity index (χ0v) is 17.7. The van der Waals surface area contributed by atoms with Crippen molar-refractivity contribution in [1.29, 1.82) is 0 Å². The summed E-state index contributed by atoms with van der Waals surface area (Å²) in [5.41, 5.74) is 0.557. The van der Waals surface area contributed by atoms with Crippen LogP contribution in [0.15, 0.2) is 42.0 Å². The fourth-order valence-electron chi connectivity index (χ4n) is 3.40. The number of hydrogen-bond donors (Lipinski definition) is 2. The van der Waals surface area contributed by atoms with Crippen molar-refractivity contribution in [3.63, 3.8) is 0 Å². The maximum atomic E-state index is 12.9. The van der Waals surface area contributed by atoms with Crippen LogP contribution < -0.4 is 5.32 Å². The van der Waals surface area contributed by atoms with Gasteiger partial charge in [-0.15, -0.1) is 0 Å². The van der Waals surface area contributed by atoms with Gasteiger partial charge in [0.05, 0.1) is 12.2 Å². The second kappa shape index (κ2) is 11.3. The number of benzene rings is 1. The maximum Gasteiger partial charge on any atom is 0.422 e. The fourth-order valence-corrected chi connectivity index (χ4v) is 3.40. The number of carbonyl (C=O) groups is 3. The maximum absolute atomic E-state index is 12.9. The molecule has 1 aliphatic carbocycles. The Balaban J connectivity index is 1.70. The van der Waals surface area contributed by atoms with Gasteiger partial charge < -0.3 is 29.4 Å². The Hall–Kier alpha value is -3.22. The summed E-state index contributed by atoms with van der Waals surface area (Å²) < 4.78 is 57.2. The van der Waals surface area contributed by atoms with E-state index in [4.69, 9.17) is 19.3 Å². The molecule has 1 aromatic carbocycles. The first kappa shape index (κ1) is 25.4. The van der Waals surface area contributed by atoms with Gasteiger partial charge in [0.15, 0.2) is 6.61 Å². The summed E-state index contributed by atoms with van der Waals surface area (Å²) in [4.78, 5) is 36.8. The van der Waals surface area contributed by atoms with E-state index in [2.05, 4.69) is 10.1 Å². The number of ether oxygens (including phenoxy) is 4. The number of amides is 1. The SMILES string of the molecule is O=C(C=Cc1ccccc1C(=O)O[C@@H]1CC(C(=O)NCCO)=C[C@H]2OCO[C@H]21)OCC(F)(F)F. The normalized spacial score (nSPS) is 22.1. The molecule has 0 unspecified atom stereocenters. The number of halogens is 3. The Kier molecular flexibility index (Phi) is 8.42. The van der Waals surface area contributed by atoms with Gasteiger partial charge in [0.25, 0.3) is 0 Å². The minimum absolute atomic E-state index is 0.0370. The molecule has 0 bridgehead atoms. The zero-order valence-electron chi connectivity index (χ0n) is 17.7. The summed E-state index contributed by atoms with van der Waals surface area (Å²) in [6, 6.07) is 5.99. The highest BCUT2D eigenvalue weighted by molar-refractivity contribution is 5.96. The summed E-state index contributed by atoms with van der Waals surface area (Å²) >= 11 is 0. The third-order valence-electron chi connectivity index (χ3n) is 4.90. The van der Waals surface area contributed by atoms with E-state index < -0.39 is 48.9 Å². The van der Waals surface area contributed by atoms with Crippen LogP contribution in [-0.4, -0.2) is 74.0 Å². The first-order valence-electron chi connectivity index (χ1n) is 10.2. The molecule has 12 heteroatoms. The van der Waals surface area contributed by atoms with Crippen LogP contribution in [0.3, 0.4) is 0 Å². The van der Waals surface area contributed by atoms with Gasteiger partial charge in [-0.2, -0.15) is 13.2 Å². The van der Waals surface area contributed by atoms with Crippen LogP contribution in [0.2, 0.25) is 0 Å². The van der Waals surface area contributed by atoms with Crippen molar-refractivity contribution >= 4 is 23.9 Å². The molecule has 0 spiro atoms. The van der Waals surface area contributed by atoms with Crippen LogP contribution in [-0.2, 0) is 28.5 Å². The second-order valence-electron chi connectivity index (χ2n) is 7.34. The van der Waals surface area contributed by atoms with Crippen LogP contribution in [0.25, 0.3) is 6.08 Å². The Bertz CT molecular complexity index is 975. The molecular weight excluding hydrogens is 463 g/mol. The Morgan fingerprint density at radius 2 is 1.97 bits per heavy atom. The molecule has 1 amide bonds. The first-order chi connectivity index (χ1) is 16.2. The fraction of sp³-hybridized carbons (Fsp3) is 0.409. The van der Waals surface area contributed by atoms with E-state index in [9.17, 15) is 27.6 Å². The topological polar surface area (TPSA) is 120 Å². The van der Waals surface area contributed by atoms with Gasteiger partial charge in [0.2, 0.25) is 5.91 Å². The third kappa shape index (κ3) is 6.89. The molecule has 2 N–H and O–H groups in total. The largest absolute Gasteiger partial charge is 0.456 e. The number of aliphatic hydroxyl groups is 1. The lowest BCUT2D eigenvalue weighted by molar-refractivity contribution is -0.182. The van der Waals surface area contributed by atoms with E-state index in [1.165, 1.54) is 12.1 Å². The molecule has 0 saturated carbocycles. The van der Waals surface area contributed by atoms with Gasteiger partial charge in [0, 0.05) is 24.6 Å². The zero-order chi connectivity index (χ0) is 24.7. The molecule has 0 aromatic heterocycles. The molecule has 9 nitrogen and oxygen atoms in total. The Morgan fingerprint density at radius 1 is 1.21 bits per heavy atom. The molecule has 2 aliphatic rings. The molecular formula is C22H22F3NO8. The Morgan fingerprint density at radius 3 is 2.71 bits per heavy atom. The van der Waals surface area contributed by atoms with Gasteiger partial charge in [-0.3, -0.25) is 4.79 Å². The standard InChI is InChI=1S/C22H22F3NO8/c23-22(24,25)11-31-18(28)6-5-13-3-1-2-4-15(13)21(30)34-17-10-14(20(29)26-7-8-27)9-16-19(17)33-12-32-16/h1-6,9,16-17,19,27H,7-8,10-12H2,(H,26,29)/t16-,17-,19-/m1/s1. The summed E-state index contributed by atoms with van der Waals surface area (Å²) in [5, 5.41) is 11.4. The van der Waals surface area contributed by atoms with Crippen molar-refractivity contribution in [2.45, 2.75) is 30.9 Å². The third-order valence-corrected chi connectivity index (χ3v) is 4.90. The highest BCUT2D eigenvalue weighted by Crippen LogP contribution is 2.31. The first-order valence-corrected chi connectivity index (χ1v) is 10.2. The van der Waals surface area contributed by atoms with Crippen LogP contribution >= 0.6 is 0 Å². The second-order valence-corrected chi connectivity index (χ2v) is 7.34. The number of fused-ring (bicyclic) bond motifs is 1. The molecule has 1 aliphatic heterocycles. The lowest BCUT2D eigenvalue weighted by atomic mass is 9.91. The molecule has 1 aromatic rings. The summed E-state index contributed by atoms with van der Waals surface area (Å²) in [6.07, 6.45) is -3.24. The van der Waals surface area contributed by atoms with Crippen molar-refractivity contribution in [2.24, 2.45) is 0 Å². The number of carbonyl (C=O) groups excluding carboxylic acids is 3. The van der Waals surface area contributed by atoms with Crippen LogP contribution in [0, 0.1) is 0 Å². The average molecular weight is 485 g/mol. The highest BCUT2D eigenvalue weighted by Gasteiger charge is 2.42. The lowest BCUT2D eigenvalue weighted by Gasteiger charge is -2.30. The summed E-state index contributed by atoms with van der Waals surface area (Å²) in [6.45, 7) is -1.97. The quantitative estimate of drug-likeness (QED) is 0.420. The molecule has 0 radical (unpaired) electrons. The van der Waals surface area contributed by atoms with E-state index in [0.717, 1.165) is 12.2 Å². The Labute approximate surface area is 192 Å². The van der Waals surface area contributed by atoms with Gasteiger partial charge in [0.1, 0.15) is 25.1 Å². The summed E-state index contributed by atoms with van der Waals surface area (Å²) in [7, 11) is 0. The highest BCUT2D eigenvalue weighted by atomic mass is 19.4. The van der Waals surface area contributed by atoms with Crippen molar-refractivity contribution in [3.8, 4) is 0 Å². The van der Waals surface area contributed by atoms with Crippen LogP contribution in [0.1, 0.15) is 22.3 Å². The van der Waals surface area contributed by atoms with Crippen molar-refractivity contribution in [3.05, 3.63) is 53.1 Å². The van der Waals surface area contributed by atoms with Gasteiger partial charge in [-0.1, -0.05) is 18.2 Å². The van der Waals surface area contributed by atoms with E-state index in [1.807, 2.05) is 0 Å². The van der Waals surface area contributed by atoms with E-state index >= 15 is 0 Å². The minimum atomic E-state index is -4.66. The number of alkyl halides is 3. The molecule has 3 atom stereocenters.